The molecule has 94 valence electrons. The van der Waals surface area contributed by atoms with E-state index in [1.54, 1.807) is 6.07 Å². The fourth-order valence-electron chi connectivity index (χ4n) is 2.00. The lowest BCUT2D eigenvalue weighted by atomic mass is 10.2. The van der Waals surface area contributed by atoms with E-state index in [0.717, 1.165) is 5.52 Å². The van der Waals surface area contributed by atoms with Gasteiger partial charge >= 0.3 is 0 Å². The van der Waals surface area contributed by atoms with Crippen LogP contribution in [0.2, 0.25) is 0 Å². The number of nitrogen functional groups attached to an aromatic ring is 1. The first kappa shape index (κ1) is 11.2. The van der Waals surface area contributed by atoms with E-state index in [9.17, 15) is 0 Å². The van der Waals surface area contributed by atoms with E-state index in [4.69, 9.17) is 11.0 Å². The van der Waals surface area contributed by atoms with Gasteiger partial charge in [0, 0.05) is 13.0 Å². The summed E-state index contributed by atoms with van der Waals surface area (Å²) in [5, 5.41) is 12.8. The highest BCUT2D eigenvalue weighted by Gasteiger charge is 2.11. The molecule has 0 aliphatic heterocycles. The molecule has 2 aromatic heterocycles. The lowest BCUT2D eigenvalue weighted by molar-refractivity contribution is 0.408. The maximum Gasteiger partial charge on any atom is 0.213 e. The Hall–Kier alpha value is -2.88. The second kappa shape index (κ2) is 4.42. The predicted octanol–water partition coefficient (Wildman–Crippen LogP) is 1.12. The third-order valence-corrected chi connectivity index (χ3v) is 2.89. The second-order valence-corrected chi connectivity index (χ2v) is 4.00. The SMILES string of the molecule is N#Cc1cccc2c1nc(N)n2CCc1ncon1. The molecule has 0 aliphatic carbocycles. The van der Waals surface area contributed by atoms with E-state index in [0.29, 0.717) is 35.8 Å². The first-order chi connectivity index (χ1) is 9.29. The number of hydrogen-bond acceptors (Lipinski definition) is 6. The smallest absolute Gasteiger partial charge is 0.213 e. The van der Waals surface area contributed by atoms with Crippen molar-refractivity contribution < 1.29 is 4.52 Å². The highest BCUT2D eigenvalue weighted by atomic mass is 16.5. The Labute approximate surface area is 108 Å². The fourth-order valence-corrected chi connectivity index (χ4v) is 2.00. The van der Waals surface area contributed by atoms with Crippen LogP contribution in [0.15, 0.2) is 29.1 Å². The number of nitrogens with two attached hydrogens (primary N) is 1. The number of aryl methyl sites for hydroxylation is 2. The van der Waals surface area contributed by atoms with Crippen molar-refractivity contribution in [2.75, 3.05) is 5.73 Å². The maximum absolute atomic E-state index is 9.04. The van der Waals surface area contributed by atoms with Crippen LogP contribution in [0, 0.1) is 11.3 Å². The molecule has 2 N–H and O–H groups in total. The molecule has 1 aromatic carbocycles. The average molecular weight is 254 g/mol. The third-order valence-electron chi connectivity index (χ3n) is 2.89. The van der Waals surface area contributed by atoms with Crippen LogP contribution in [-0.2, 0) is 13.0 Å². The fraction of sp³-hybridized carbons (Fsp3) is 0.167. The first-order valence-corrected chi connectivity index (χ1v) is 5.69. The van der Waals surface area contributed by atoms with Gasteiger partial charge in [-0.25, -0.2) is 4.98 Å². The van der Waals surface area contributed by atoms with Gasteiger partial charge in [0.25, 0.3) is 0 Å². The van der Waals surface area contributed by atoms with E-state index in [1.807, 2.05) is 16.7 Å². The molecule has 3 rings (SSSR count). The number of rotatable bonds is 3. The van der Waals surface area contributed by atoms with Crippen molar-refractivity contribution in [2.45, 2.75) is 13.0 Å². The molecular formula is C12H10N6O. The molecule has 0 unspecified atom stereocenters. The molecule has 19 heavy (non-hydrogen) atoms. The van der Waals surface area contributed by atoms with E-state index in [1.165, 1.54) is 6.39 Å². The normalized spacial score (nSPS) is 10.7. The zero-order valence-electron chi connectivity index (χ0n) is 9.95. The molecule has 0 bridgehead atoms. The Morgan fingerprint density at radius 3 is 3.05 bits per heavy atom. The topological polar surface area (TPSA) is 107 Å². The minimum atomic E-state index is 0.376. The molecule has 0 saturated carbocycles. The molecule has 2 heterocycles. The predicted molar refractivity (Wildman–Crippen MR) is 66.9 cm³/mol. The Balaban J connectivity index is 1.99. The molecule has 0 aliphatic rings. The van der Waals surface area contributed by atoms with Crippen LogP contribution < -0.4 is 5.73 Å². The van der Waals surface area contributed by atoms with Gasteiger partial charge in [-0.05, 0) is 12.1 Å². The largest absolute Gasteiger partial charge is 0.369 e. The molecule has 7 heteroatoms. The number of aromatic nitrogens is 4. The molecule has 3 aromatic rings. The van der Waals surface area contributed by atoms with Crippen molar-refractivity contribution in [3.63, 3.8) is 0 Å². The first-order valence-electron chi connectivity index (χ1n) is 5.69. The Kier molecular flexibility index (Phi) is 2.61. The van der Waals surface area contributed by atoms with Gasteiger partial charge in [0.1, 0.15) is 11.6 Å². The maximum atomic E-state index is 9.04. The van der Waals surface area contributed by atoms with E-state index < -0.39 is 0 Å². The van der Waals surface area contributed by atoms with Crippen molar-refractivity contribution in [2.24, 2.45) is 0 Å². The van der Waals surface area contributed by atoms with Crippen molar-refractivity contribution >= 4 is 17.0 Å². The number of nitriles is 1. The van der Waals surface area contributed by atoms with Crippen LogP contribution in [0.3, 0.4) is 0 Å². The van der Waals surface area contributed by atoms with E-state index in [-0.39, 0.29) is 0 Å². The summed E-state index contributed by atoms with van der Waals surface area (Å²) in [6, 6.07) is 7.53. The lowest BCUT2D eigenvalue weighted by Crippen LogP contribution is -2.06. The molecule has 0 atom stereocenters. The summed E-state index contributed by atoms with van der Waals surface area (Å²) in [6.07, 6.45) is 1.88. The van der Waals surface area contributed by atoms with Gasteiger partial charge in [0.05, 0.1) is 11.1 Å². The molecule has 0 spiro atoms. The number of benzene rings is 1. The van der Waals surface area contributed by atoms with Gasteiger partial charge in [-0.1, -0.05) is 11.2 Å². The van der Waals surface area contributed by atoms with Crippen LogP contribution in [0.1, 0.15) is 11.4 Å². The van der Waals surface area contributed by atoms with Gasteiger partial charge in [-0.15, -0.1) is 0 Å². The summed E-state index contributed by atoms with van der Waals surface area (Å²) >= 11 is 0. The number of para-hydroxylation sites is 1. The zero-order valence-corrected chi connectivity index (χ0v) is 9.95. The quantitative estimate of drug-likeness (QED) is 0.750. The molecule has 0 saturated heterocycles. The molecular weight excluding hydrogens is 244 g/mol. The van der Waals surface area contributed by atoms with Crippen molar-refractivity contribution in [3.05, 3.63) is 36.0 Å². The summed E-state index contributed by atoms with van der Waals surface area (Å²) < 4.78 is 6.52. The van der Waals surface area contributed by atoms with Gasteiger partial charge in [-0.2, -0.15) is 10.2 Å². The lowest BCUT2D eigenvalue weighted by Gasteiger charge is -2.04. The van der Waals surface area contributed by atoms with E-state index in [2.05, 4.69) is 25.7 Å². The summed E-state index contributed by atoms with van der Waals surface area (Å²) in [7, 11) is 0. The molecule has 0 amide bonds. The highest BCUT2D eigenvalue weighted by Crippen LogP contribution is 2.21. The van der Waals surface area contributed by atoms with Crippen LogP contribution in [0.4, 0.5) is 5.95 Å². The summed E-state index contributed by atoms with van der Waals surface area (Å²) in [6.45, 7) is 0.580. The minimum Gasteiger partial charge on any atom is -0.369 e. The monoisotopic (exact) mass is 254 g/mol. The number of hydrogen-bond donors (Lipinski definition) is 1. The Morgan fingerprint density at radius 1 is 1.42 bits per heavy atom. The van der Waals surface area contributed by atoms with Crippen molar-refractivity contribution in [3.8, 4) is 6.07 Å². The molecule has 0 radical (unpaired) electrons. The average Bonchev–Trinajstić information content (AvgIpc) is 3.03. The number of nitrogens with zero attached hydrogens (tertiary/aromatic N) is 5. The molecule has 7 nitrogen and oxygen atoms in total. The highest BCUT2D eigenvalue weighted by molar-refractivity contribution is 5.83. The van der Waals surface area contributed by atoms with Crippen molar-refractivity contribution in [1.82, 2.24) is 19.7 Å². The van der Waals surface area contributed by atoms with Crippen LogP contribution in [-0.4, -0.2) is 19.7 Å². The van der Waals surface area contributed by atoms with Gasteiger partial charge in [0.15, 0.2) is 5.82 Å². The molecule has 0 fully saturated rings. The van der Waals surface area contributed by atoms with Crippen LogP contribution in [0.25, 0.3) is 11.0 Å². The Morgan fingerprint density at radius 2 is 2.32 bits per heavy atom. The minimum absolute atomic E-state index is 0.376. The van der Waals surface area contributed by atoms with Crippen LogP contribution in [0.5, 0.6) is 0 Å². The van der Waals surface area contributed by atoms with Gasteiger partial charge in [-0.3, -0.25) is 0 Å². The van der Waals surface area contributed by atoms with Crippen molar-refractivity contribution in [1.29, 1.82) is 5.26 Å². The number of fused-ring (bicyclic) bond motifs is 1. The summed E-state index contributed by atoms with van der Waals surface area (Å²) in [5.74, 6) is 0.985. The van der Waals surface area contributed by atoms with Crippen LogP contribution >= 0.6 is 0 Å². The van der Waals surface area contributed by atoms with Gasteiger partial charge in [0.2, 0.25) is 12.3 Å². The standard InChI is InChI=1S/C12H10N6O/c13-6-8-2-1-3-9-11(8)16-12(14)18(9)5-4-10-15-7-19-17-10/h1-3,7H,4-5H2,(H2,14,16). The summed E-state index contributed by atoms with van der Waals surface area (Å²) in [5.41, 5.74) is 7.87. The van der Waals surface area contributed by atoms with Gasteiger partial charge < -0.3 is 14.8 Å². The summed E-state index contributed by atoms with van der Waals surface area (Å²) in [4.78, 5) is 8.19. The number of anilines is 1. The number of imidazole rings is 1. The zero-order chi connectivity index (χ0) is 13.2. The second-order valence-electron chi connectivity index (χ2n) is 4.00. The Bertz CT molecular complexity index is 752. The van der Waals surface area contributed by atoms with E-state index >= 15 is 0 Å². The third kappa shape index (κ3) is 1.89.